The van der Waals surface area contributed by atoms with Crippen LogP contribution in [-0.4, -0.2) is 18.1 Å². The number of rotatable bonds is 1. The summed E-state index contributed by atoms with van der Waals surface area (Å²) in [6.45, 7) is 2.25. The molecule has 1 aliphatic heterocycles. The van der Waals surface area contributed by atoms with Gasteiger partial charge >= 0.3 is 0 Å². The van der Waals surface area contributed by atoms with Crippen molar-refractivity contribution in [1.82, 2.24) is 4.98 Å². The number of hydrogen-bond acceptors (Lipinski definition) is 2. The van der Waals surface area contributed by atoms with E-state index in [1.165, 1.54) is 48.1 Å². The Morgan fingerprint density at radius 2 is 1.75 bits per heavy atom. The maximum Gasteiger partial charge on any atom is 0.250 e. The number of benzene rings is 1. The van der Waals surface area contributed by atoms with Crippen LogP contribution in [0.3, 0.4) is 0 Å². The summed E-state index contributed by atoms with van der Waals surface area (Å²) >= 11 is 0. The molecule has 2 aliphatic rings. The highest BCUT2D eigenvalue weighted by Crippen LogP contribution is 2.34. The van der Waals surface area contributed by atoms with Gasteiger partial charge in [0, 0.05) is 5.56 Å². The van der Waals surface area contributed by atoms with E-state index in [0.717, 1.165) is 42.7 Å². The van der Waals surface area contributed by atoms with Crippen LogP contribution in [-0.2, 0) is 12.8 Å². The van der Waals surface area contributed by atoms with Crippen molar-refractivity contribution in [2.75, 3.05) is 18.0 Å². The topological polar surface area (TPSA) is 46.9 Å². The molecule has 3 heterocycles. The molecule has 0 radical (unpaired) electrons. The molecule has 120 valence electrons. The predicted octanol–water partition coefficient (Wildman–Crippen LogP) is 3.26. The fourth-order valence-corrected chi connectivity index (χ4v) is 4.56. The molecule has 5 rings (SSSR count). The molecule has 0 amide bonds. The molecule has 2 aromatic heterocycles. The van der Waals surface area contributed by atoms with Crippen molar-refractivity contribution in [1.29, 1.82) is 5.26 Å². The molecular formula is C20H21N4+. The predicted molar refractivity (Wildman–Crippen MR) is 94.3 cm³/mol. The Kier molecular flexibility index (Phi) is 3.02. The molecule has 1 aliphatic carbocycles. The lowest BCUT2D eigenvalue weighted by Gasteiger charge is -2.23. The number of aromatic nitrogens is 2. The lowest BCUT2D eigenvalue weighted by atomic mass is 9.89. The highest BCUT2D eigenvalue weighted by Gasteiger charge is 2.32. The van der Waals surface area contributed by atoms with E-state index in [-0.39, 0.29) is 0 Å². The van der Waals surface area contributed by atoms with Gasteiger partial charge in [-0.05, 0) is 56.2 Å². The number of para-hydroxylation sites is 2. The molecular weight excluding hydrogens is 296 g/mol. The minimum Gasteiger partial charge on any atom is -0.292 e. The van der Waals surface area contributed by atoms with Gasteiger partial charge in [0.1, 0.15) is 22.7 Å². The molecule has 0 bridgehead atoms. The van der Waals surface area contributed by atoms with Crippen LogP contribution in [0.2, 0.25) is 0 Å². The van der Waals surface area contributed by atoms with Gasteiger partial charge in [0.05, 0.1) is 13.1 Å². The molecule has 1 saturated heterocycles. The Labute approximate surface area is 141 Å². The zero-order valence-corrected chi connectivity index (χ0v) is 13.8. The van der Waals surface area contributed by atoms with E-state index in [1.54, 1.807) is 0 Å². The first-order valence-corrected chi connectivity index (χ1v) is 9.03. The Balaban J connectivity index is 1.98. The summed E-state index contributed by atoms with van der Waals surface area (Å²) in [4.78, 5) is 6.07. The van der Waals surface area contributed by atoms with Crippen LogP contribution in [0.15, 0.2) is 24.3 Å². The first-order valence-electron chi connectivity index (χ1n) is 9.03. The van der Waals surface area contributed by atoms with Gasteiger partial charge in [-0.3, -0.25) is 9.88 Å². The van der Waals surface area contributed by atoms with Gasteiger partial charge in [0.25, 0.3) is 0 Å². The maximum atomic E-state index is 9.88. The summed E-state index contributed by atoms with van der Waals surface area (Å²) < 4.78 is 2.32. The number of fused-ring (bicyclic) bond motifs is 4. The molecule has 3 aromatic rings. The SMILES string of the molecule is N#Cc1c2c(c(N3CCCC3)[n+]3c1[nH]c1ccccc13)CCCC2. The first-order chi connectivity index (χ1) is 11.9. The number of anilines is 1. The molecule has 24 heavy (non-hydrogen) atoms. The third-order valence-corrected chi connectivity index (χ3v) is 5.63. The van der Waals surface area contributed by atoms with Crippen molar-refractivity contribution in [3.63, 3.8) is 0 Å². The number of pyridine rings is 1. The monoisotopic (exact) mass is 317 g/mol. The Morgan fingerprint density at radius 3 is 2.54 bits per heavy atom. The first kappa shape index (κ1) is 13.9. The second-order valence-corrected chi connectivity index (χ2v) is 6.99. The van der Waals surface area contributed by atoms with Gasteiger partial charge in [0.15, 0.2) is 0 Å². The smallest absolute Gasteiger partial charge is 0.250 e. The van der Waals surface area contributed by atoms with Crippen molar-refractivity contribution >= 4 is 22.5 Å². The number of imidazole rings is 1. The van der Waals surface area contributed by atoms with Crippen molar-refractivity contribution in [2.24, 2.45) is 0 Å². The zero-order chi connectivity index (χ0) is 16.1. The van der Waals surface area contributed by atoms with Crippen molar-refractivity contribution in [3.8, 4) is 6.07 Å². The summed E-state index contributed by atoms with van der Waals surface area (Å²) in [5, 5.41) is 9.88. The van der Waals surface area contributed by atoms with E-state index in [2.05, 4.69) is 44.6 Å². The number of H-pyrrole nitrogens is 1. The third kappa shape index (κ3) is 1.81. The van der Waals surface area contributed by atoms with E-state index in [0.29, 0.717) is 0 Å². The standard InChI is InChI=1S/C20H20N4/c21-13-16-14-7-1-2-8-15(14)20(23-11-5-6-12-23)24-18-10-4-3-9-17(18)22-19(16)24/h3-4,9-10H,1-2,5-8,11-12H2/p+1. The van der Waals surface area contributed by atoms with Crippen LogP contribution < -0.4 is 9.30 Å². The summed E-state index contributed by atoms with van der Waals surface area (Å²) in [6.07, 6.45) is 7.08. The van der Waals surface area contributed by atoms with Gasteiger partial charge in [-0.15, -0.1) is 0 Å². The second-order valence-electron chi connectivity index (χ2n) is 6.99. The molecule has 0 saturated carbocycles. The summed E-state index contributed by atoms with van der Waals surface area (Å²) in [6, 6.07) is 10.9. The lowest BCUT2D eigenvalue weighted by Crippen LogP contribution is -2.37. The molecule has 4 heteroatoms. The van der Waals surface area contributed by atoms with Gasteiger partial charge < -0.3 is 0 Å². The van der Waals surface area contributed by atoms with E-state index >= 15 is 0 Å². The average Bonchev–Trinajstić information content (AvgIpc) is 3.27. The van der Waals surface area contributed by atoms with Gasteiger partial charge in [-0.1, -0.05) is 12.1 Å². The summed E-state index contributed by atoms with van der Waals surface area (Å²) in [7, 11) is 0. The quantitative estimate of drug-likeness (QED) is 0.700. The highest BCUT2D eigenvalue weighted by molar-refractivity contribution is 5.78. The van der Waals surface area contributed by atoms with Crippen LogP contribution in [0.5, 0.6) is 0 Å². The fourth-order valence-electron chi connectivity index (χ4n) is 4.56. The van der Waals surface area contributed by atoms with Gasteiger partial charge in [0.2, 0.25) is 11.5 Å². The van der Waals surface area contributed by atoms with Crippen molar-refractivity contribution in [3.05, 3.63) is 41.0 Å². The molecule has 0 spiro atoms. The minimum atomic E-state index is 0.851. The normalized spacial score (nSPS) is 17.4. The molecule has 4 nitrogen and oxygen atoms in total. The third-order valence-electron chi connectivity index (χ3n) is 5.63. The zero-order valence-electron chi connectivity index (χ0n) is 13.8. The van der Waals surface area contributed by atoms with E-state index in [1.807, 2.05) is 0 Å². The Hall–Kier alpha value is -2.54. The van der Waals surface area contributed by atoms with Crippen molar-refractivity contribution < 1.29 is 4.40 Å². The second kappa shape index (κ2) is 5.24. The minimum absolute atomic E-state index is 0.851. The summed E-state index contributed by atoms with van der Waals surface area (Å²) in [5.74, 6) is 1.34. The number of nitrogens with one attached hydrogen (secondary N) is 1. The average molecular weight is 317 g/mol. The fraction of sp³-hybridized carbons (Fsp3) is 0.400. The van der Waals surface area contributed by atoms with E-state index < -0.39 is 0 Å². The number of aromatic amines is 1. The molecule has 1 fully saturated rings. The van der Waals surface area contributed by atoms with Crippen LogP contribution >= 0.6 is 0 Å². The molecule has 1 aromatic carbocycles. The van der Waals surface area contributed by atoms with Crippen molar-refractivity contribution in [2.45, 2.75) is 38.5 Å². The van der Waals surface area contributed by atoms with Crippen LogP contribution in [0, 0.1) is 11.3 Å². The maximum absolute atomic E-state index is 9.88. The molecule has 0 unspecified atom stereocenters. The molecule has 1 N–H and O–H groups in total. The van der Waals surface area contributed by atoms with Crippen LogP contribution in [0.4, 0.5) is 5.82 Å². The number of nitrogens with zero attached hydrogens (tertiary/aromatic N) is 3. The van der Waals surface area contributed by atoms with Crippen LogP contribution in [0.1, 0.15) is 42.4 Å². The largest absolute Gasteiger partial charge is 0.292 e. The van der Waals surface area contributed by atoms with Crippen LogP contribution in [0.25, 0.3) is 16.7 Å². The van der Waals surface area contributed by atoms with E-state index in [4.69, 9.17) is 0 Å². The highest BCUT2D eigenvalue weighted by atomic mass is 15.2. The lowest BCUT2D eigenvalue weighted by molar-refractivity contribution is -0.467. The number of hydrogen-bond donors (Lipinski definition) is 1. The Bertz CT molecular complexity index is 986. The van der Waals surface area contributed by atoms with Gasteiger partial charge in [-0.25, -0.2) is 0 Å². The molecule has 0 atom stereocenters. The van der Waals surface area contributed by atoms with E-state index in [9.17, 15) is 5.26 Å². The number of nitriles is 1. The Morgan fingerprint density at radius 1 is 1.00 bits per heavy atom. The summed E-state index contributed by atoms with van der Waals surface area (Å²) in [5.41, 5.74) is 6.82. The van der Waals surface area contributed by atoms with Gasteiger partial charge in [-0.2, -0.15) is 9.66 Å².